The van der Waals surface area contributed by atoms with Crippen LogP contribution in [0.4, 0.5) is 0 Å². The molecule has 88 valence electrons. The summed E-state index contributed by atoms with van der Waals surface area (Å²) in [4.78, 5) is 14.7. The fraction of sp³-hybridized carbons (Fsp3) is 0.700. The van der Waals surface area contributed by atoms with E-state index in [4.69, 9.17) is 9.63 Å². The minimum atomic E-state index is -0.671. The summed E-state index contributed by atoms with van der Waals surface area (Å²) >= 11 is 0. The van der Waals surface area contributed by atoms with E-state index in [0.717, 1.165) is 25.7 Å². The third kappa shape index (κ3) is 2.79. The first-order valence-electron chi connectivity index (χ1n) is 5.47. The highest BCUT2D eigenvalue weighted by atomic mass is 16.5. The number of aromatic nitrogens is 2. The summed E-state index contributed by atoms with van der Waals surface area (Å²) in [5.41, 5.74) is 0. The number of rotatable bonds is 4. The zero-order valence-corrected chi connectivity index (χ0v) is 8.93. The number of nitrogens with one attached hydrogen (secondary N) is 1. The van der Waals surface area contributed by atoms with Gasteiger partial charge in [0.25, 0.3) is 0 Å². The van der Waals surface area contributed by atoms with E-state index >= 15 is 0 Å². The van der Waals surface area contributed by atoms with E-state index in [0.29, 0.717) is 18.5 Å². The topological polar surface area (TPSA) is 88.2 Å². The molecule has 1 fully saturated rings. The number of nitrogens with zero attached hydrogens (tertiary/aromatic N) is 2. The van der Waals surface area contributed by atoms with Crippen LogP contribution in [0.1, 0.15) is 31.6 Å². The van der Waals surface area contributed by atoms with Crippen molar-refractivity contribution >= 4 is 5.97 Å². The lowest BCUT2D eigenvalue weighted by Gasteiger charge is -2.26. The molecule has 0 aliphatic heterocycles. The van der Waals surface area contributed by atoms with Gasteiger partial charge in [0, 0.05) is 6.04 Å². The van der Waals surface area contributed by atoms with Crippen molar-refractivity contribution in [2.45, 2.75) is 38.3 Å². The Morgan fingerprint density at radius 2 is 2.25 bits per heavy atom. The molecule has 0 spiro atoms. The van der Waals surface area contributed by atoms with E-state index in [1.165, 1.54) is 6.33 Å². The van der Waals surface area contributed by atoms with E-state index in [-0.39, 0.29) is 5.92 Å². The molecular formula is C10H15N3O3. The molecule has 16 heavy (non-hydrogen) atoms. The van der Waals surface area contributed by atoms with Crippen LogP contribution in [-0.2, 0) is 11.3 Å². The minimum Gasteiger partial charge on any atom is -0.481 e. The van der Waals surface area contributed by atoms with Gasteiger partial charge >= 0.3 is 5.97 Å². The molecule has 1 aliphatic rings. The first-order valence-corrected chi connectivity index (χ1v) is 5.47. The Kier molecular flexibility index (Phi) is 3.51. The van der Waals surface area contributed by atoms with Crippen molar-refractivity contribution in [2.24, 2.45) is 5.92 Å². The molecule has 0 amide bonds. The molecule has 1 heterocycles. The molecular weight excluding hydrogens is 210 g/mol. The molecule has 0 unspecified atom stereocenters. The second kappa shape index (κ2) is 5.07. The van der Waals surface area contributed by atoms with Gasteiger partial charge in [-0.15, -0.1) is 0 Å². The zero-order chi connectivity index (χ0) is 11.4. The Balaban J connectivity index is 1.71. The number of hydrogen-bond acceptors (Lipinski definition) is 5. The van der Waals surface area contributed by atoms with E-state index in [1.807, 2.05) is 0 Å². The fourth-order valence-corrected chi connectivity index (χ4v) is 2.05. The lowest BCUT2D eigenvalue weighted by molar-refractivity contribution is -0.142. The van der Waals surface area contributed by atoms with Gasteiger partial charge in [-0.2, -0.15) is 4.98 Å². The van der Waals surface area contributed by atoms with Crippen LogP contribution in [-0.4, -0.2) is 27.3 Å². The average Bonchev–Trinajstić information content (AvgIpc) is 2.80. The van der Waals surface area contributed by atoms with Gasteiger partial charge in [-0.05, 0) is 25.7 Å². The fourth-order valence-electron chi connectivity index (χ4n) is 2.05. The van der Waals surface area contributed by atoms with Crippen molar-refractivity contribution in [2.75, 3.05) is 0 Å². The number of carbonyl (C=O) groups is 1. The van der Waals surface area contributed by atoms with Gasteiger partial charge in [-0.3, -0.25) is 4.79 Å². The molecule has 0 saturated heterocycles. The predicted octanol–water partition coefficient (Wildman–Crippen LogP) is 0.803. The normalized spacial score (nSPS) is 25.5. The summed E-state index contributed by atoms with van der Waals surface area (Å²) in [5.74, 6) is -0.267. The lowest BCUT2D eigenvalue weighted by atomic mass is 9.86. The second-order valence-corrected chi connectivity index (χ2v) is 4.10. The summed E-state index contributed by atoms with van der Waals surface area (Å²) < 4.78 is 4.87. The third-order valence-corrected chi connectivity index (χ3v) is 3.03. The third-order valence-electron chi connectivity index (χ3n) is 3.03. The van der Waals surface area contributed by atoms with Crippen molar-refractivity contribution in [1.29, 1.82) is 0 Å². The first-order chi connectivity index (χ1) is 7.75. The van der Waals surface area contributed by atoms with Crippen molar-refractivity contribution in [1.82, 2.24) is 15.5 Å². The van der Waals surface area contributed by atoms with Crippen molar-refractivity contribution < 1.29 is 14.4 Å². The molecule has 0 atom stereocenters. The maximum absolute atomic E-state index is 10.8. The van der Waals surface area contributed by atoms with Crippen LogP contribution in [0.2, 0.25) is 0 Å². The van der Waals surface area contributed by atoms with E-state index in [2.05, 4.69) is 15.5 Å². The van der Waals surface area contributed by atoms with Crippen molar-refractivity contribution in [3.63, 3.8) is 0 Å². The largest absolute Gasteiger partial charge is 0.481 e. The maximum Gasteiger partial charge on any atom is 0.306 e. The molecule has 6 heteroatoms. The monoisotopic (exact) mass is 225 g/mol. The highest BCUT2D eigenvalue weighted by molar-refractivity contribution is 5.70. The molecule has 1 saturated carbocycles. The molecule has 2 rings (SSSR count). The Hall–Kier alpha value is -1.43. The van der Waals surface area contributed by atoms with E-state index < -0.39 is 5.97 Å². The molecule has 1 aromatic rings. The number of aliphatic carboxylic acids is 1. The van der Waals surface area contributed by atoms with Gasteiger partial charge in [-0.25, -0.2) is 0 Å². The highest BCUT2D eigenvalue weighted by Gasteiger charge is 2.25. The molecule has 2 N–H and O–H groups in total. The average molecular weight is 225 g/mol. The van der Waals surface area contributed by atoms with Gasteiger partial charge in [-0.1, -0.05) is 5.16 Å². The smallest absolute Gasteiger partial charge is 0.306 e. The summed E-state index contributed by atoms with van der Waals surface area (Å²) in [6, 6.07) is 0.363. The Morgan fingerprint density at radius 3 is 2.81 bits per heavy atom. The second-order valence-electron chi connectivity index (χ2n) is 4.10. The van der Waals surface area contributed by atoms with Crippen LogP contribution in [0, 0.1) is 5.92 Å². The summed E-state index contributed by atoms with van der Waals surface area (Å²) in [5, 5.41) is 15.7. The maximum atomic E-state index is 10.8. The van der Waals surface area contributed by atoms with Gasteiger partial charge in [0.2, 0.25) is 5.89 Å². The van der Waals surface area contributed by atoms with Crippen LogP contribution in [0.5, 0.6) is 0 Å². The van der Waals surface area contributed by atoms with Gasteiger partial charge in [0.05, 0.1) is 12.5 Å². The quantitative estimate of drug-likeness (QED) is 0.788. The van der Waals surface area contributed by atoms with Gasteiger partial charge < -0.3 is 14.9 Å². The van der Waals surface area contributed by atoms with Crippen LogP contribution in [0.15, 0.2) is 10.9 Å². The first kappa shape index (κ1) is 11.1. The molecule has 0 bridgehead atoms. The summed E-state index contributed by atoms with van der Waals surface area (Å²) in [6.45, 7) is 0.558. The number of carboxylic acids is 1. The zero-order valence-electron chi connectivity index (χ0n) is 8.93. The Bertz CT molecular complexity index is 331. The number of hydrogen-bond donors (Lipinski definition) is 2. The Labute approximate surface area is 93.0 Å². The number of carboxylic acid groups (broad SMARTS) is 1. The summed E-state index contributed by atoms with van der Waals surface area (Å²) in [6.07, 6.45) is 4.65. The van der Waals surface area contributed by atoms with Gasteiger partial charge in [0.15, 0.2) is 6.33 Å². The van der Waals surface area contributed by atoms with E-state index in [1.54, 1.807) is 0 Å². The predicted molar refractivity (Wildman–Crippen MR) is 54.5 cm³/mol. The lowest BCUT2D eigenvalue weighted by Crippen LogP contribution is -2.34. The Morgan fingerprint density at radius 1 is 1.50 bits per heavy atom. The van der Waals surface area contributed by atoms with Crippen LogP contribution >= 0.6 is 0 Å². The molecule has 0 radical (unpaired) electrons. The van der Waals surface area contributed by atoms with E-state index in [9.17, 15) is 4.79 Å². The van der Waals surface area contributed by atoms with Gasteiger partial charge in [0.1, 0.15) is 0 Å². The molecule has 1 aromatic heterocycles. The molecule has 1 aliphatic carbocycles. The van der Waals surface area contributed by atoms with Crippen LogP contribution in [0.25, 0.3) is 0 Å². The van der Waals surface area contributed by atoms with Crippen LogP contribution < -0.4 is 5.32 Å². The minimum absolute atomic E-state index is 0.165. The molecule has 6 nitrogen and oxygen atoms in total. The molecule has 0 aromatic carbocycles. The summed E-state index contributed by atoms with van der Waals surface area (Å²) in [7, 11) is 0. The van der Waals surface area contributed by atoms with Crippen molar-refractivity contribution in [3.05, 3.63) is 12.2 Å². The SMILES string of the molecule is O=C(O)C1CCC(NCc2ncno2)CC1. The van der Waals surface area contributed by atoms with Crippen LogP contribution in [0.3, 0.4) is 0 Å². The van der Waals surface area contributed by atoms with Crippen molar-refractivity contribution in [3.8, 4) is 0 Å². The highest BCUT2D eigenvalue weighted by Crippen LogP contribution is 2.24. The standard InChI is InChI=1S/C10H15N3O3/c14-10(15)7-1-3-8(4-2-7)11-5-9-12-6-13-16-9/h6-8,11H,1-5H2,(H,14,15).